The highest BCUT2D eigenvalue weighted by Crippen LogP contribution is 2.23. The van der Waals surface area contributed by atoms with Gasteiger partial charge in [-0.15, -0.1) is 0 Å². The molecule has 0 aliphatic heterocycles. The van der Waals surface area contributed by atoms with Gasteiger partial charge in [0.05, 0.1) is 0 Å². The zero-order valence-electron chi connectivity index (χ0n) is 12.2. The maximum Gasteiger partial charge on any atom is 0.120 e. The van der Waals surface area contributed by atoms with Crippen molar-refractivity contribution in [2.75, 3.05) is 0 Å². The topological polar surface area (TPSA) is 21.3 Å². The van der Waals surface area contributed by atoms with Gasteiger partial charge < -0.3 is 10.1 Å². The number of rotatable bonds is 6. The summed E-state index contributed by atoms with van der Waals surface area (Å²) >= 11 is 5.89. The standard InChI is InChI=1S/C17H19BrINO/c1-12(2)20-10-14-9-16(7-8-17(14)18)21-11-13-3-5-15(19)6-4-13/h3-9,12,20H,10-11H2,1-2H3. The van der Waals surface area contributed by atoms with Crippen molar-refractivity contribution in [3.63, 3.8) is 0 Å². The van der Waals surface area contributed by atoms with Crippen molar-refractivity contribution in [3.8, 4) is 5.75 Å². The zero-order valence-corrected chi connectivity index (χ0v) is 15.9. The van der Waals surface area contributed by atoms with Crippen molar-refractivity contribution in [2.24, 2.45) is 0 Å². The van der Waals surface area contributed by atoms with Crippen molar-refractivity contribution < 1.29 is 4.74 Å². The second-order valence-corrected chi connectivity index (χ2v) is 7.30. The van der Waals surface area contributed by atoms with Crippen molar-refractivity contribution in [3.05, 3.63) is 61.6 Å². The van der Waals surface area contributed by atoms with Crippen molar-refractivity contribution in [2.45, 2.75) is 33.0 Å². The Labute approximate surface area is 148 Å². The van der Waals surface area contributed by atoms with Gasteiger partial charge in [-0.25, -0.2) is 0 Å². The van der Waals surface area contributed by atoms with Crippen LogP contribution in [-0.2, 0) is 13.2 Å². The van der Waals surface area contributed by atoms with E-state index in [4.69, 9.17) is 4.74 Å². The number of nitrogens with one attached hydrogen (secondary N) is 1. The summed E-state index contributed by atoms with van der Waals surface area (Å²) in [7, 11) is 0. The molecule has 0 heterocycles. The quantitative estimate of drug-likeness (QED) is 0.604. The van der Waals surface area contributed by atoms with Gasteiger partial charge >= 0.3 is 0 Å². The first-order valence-electron chi connectivity index (χ1n) is 6.93. The summed E-state index contributed by atoms with van der Waals surface area (Å²) in [6.07, 6.45) is 0. The molecule has 21 heavy (non-hydrogen) atoms. The van der Waals surface area contributed by atoms with Gasteiger partial charge in [-0.05, 0) is 64.0 Å². The van der Waals surface area contributed by atoms with E-state index in [0.717, 1.165) is 16.8 Å². The van der Waals surface area contributed by atoms with Gasteiger partial charge in [0.15, 0.2) is 0 Å². The Morgan fingerprint density at radius 1 is 1.14 bits per heavy atom. The Hall–Kier alpha value is -0.590. The Balaban J connectivity index is 1.99. The third-order valence-corrected chi connectivity index (χ3v) is 4.53. The number of halogens is 2. The second-order valence-electron chi connectivity index (χ2n) is 5.20. The van der Waals surface area contributed by atoms with Crippen molar-refractivity contribution in [1.82, 2.24) is 5.32 Å². The van der Waals surface area contributed by atoms with Crippen LogP contribution in [-0.4, -0.2) is 6.04 Å². The average Bonchev–Trinajstić information content (AvgIpc) is 2.46. The number of hydrogen-bond acceptors (Lipinski definition) is 2. The van der Waals surface area contributed by atoms with Gasteiger partial charge in [-0.3, -0.25) is 0 Å². The van der Waals surface area contributed by atoms with Crippen LogP contribution in [0.5, 0.6) is 5.75 Å². The Morgan fingerprint density at radius 2 is 1.86 bits per heavy atom. The van der Waals surface area contributed by atoms with Gasteiger partial charge in [0.2, 0.25) is 0 Å². The van der Waals surface area contributed by atoms with Crippen LogP contribution < -0.4 is 10.1 Å². The molecule has 4 heteroatoms. The van der Waals surface area contributed by atoms with Crippen LogP contribution in [0, 0.1) is 3.57 Å². The van der Waals surface area contributed by atoms with Crippen LogP contribution >= 0.6 is 38.5 Å². The fourth-order valence-electron chi connectivity index (χ4n) is 1.84. The molecule has 0 saturated heterocycles. The molecule has 0 aliphatic rings. The van der Waals surface area contributed by atoms with Crippen LogP contribution in [0.15, 0.2) is 46.9 Å². The average molecular weight is 460 g/mol. The lowest BCUT2D eigenvalue weighted by molar-refractivity contribution is 0.305. The van der Waals surface area contributed by atoms with E-state index in [-0.39, 0.29) is 0 Å². The SMILES string of the molecule is CC(C)NCc1cc(OCc2ccc(I)cc2)ccc1Br. The molecule has 2 nitrogen and oxygen atoms in total. The molecule has 0 atom stereocenters. The first-order chi connectivity index (χ1) is 10.0. The Kier molecular flexibility index (Phi) is 6.51. The largest absolute Gasteiger partial charge is 0.489 e. The second kappa shape index (κ2) is 8.15. The molecule has 0 saturated carbocycles. The zero-order chi connectivity index (χ0) is 15.2. The molecule has 2 aromatic rings. The van der Waals surface area contributed by atoms with Crippen LogP contribution in [0.4, 0.5) is 0 Å². The van der Waals surface area contributed by atoms with E-state index in [1.165, 1.54) is 14.7 Å². The van der Waals surface area contributed by atoms with E-state index in [1.807, 2.05) is 12.1 Å². The molecule has 0 aliphatic carbocycles. The van der Waals surface area contributed by atoms with Crippen LogP contribution in [0.1, 0.15) is 25.0 Å². The highest BCUT2D eigenvalue weighted by molar-refractivity contribution is 14.1. The van der Waals surface area contributed by atoms with Gasteiger partial charge in [0.1, 0.15) is 12.4 Å². The summed E-state index contributed by atoms with van der Waals surface area (Å²) in [5.41, 5.74) is 2.39. The molecule has 0 amide bonds. The summed E-state index contributed by atoms with van der Waals surface area (Å²) < 4.78 is 8.23. The third-order valence-electron chi connectivity index (χ3n) is 3.04. The van der Waals surface area contributed by atoms with E-state index in [9.17, 15) is 0 Å². The predicted octanol–water partition coefficient (Wildman–Crippen LogP) is 5.13. The van der Waals surface area contributed by atoms with Crippen molar-refractivity contribution in [1.29, 1.82) is 0 Å². The molecule has 2 aromatic carbocycles. The normalized spacial score (nSPS) is 10.9. The number of ether oxygens (including phenoxy) is 1. The first kappa shape index (κ1) is 16.8. The minimum absolute atomic E-state index is 0.466. The predicted molar refractivity (Wildman–Crippen MR) is 99.6 cm³/mol. The number of hydrogen-bond donors (Lipinski definition) is 1. The third kappa shape index (κ3) is 5.60. The van der Waals surface area contributed by atoms with Gasteiger partial charge in [0.25, 0.3) is 0 Å². The monoisotopic (exact) mass is 459 g/mol. The summed E-state index contributed by atoms with van der Waals surface area (Å²) in [6, 6.07) is 15.0. The van der Waals surface area contributed by atoms with Crippen LogP contribution in [0.25, 0.3) is 0 Å². The van der Waals surface area contributed by atoms with E-state index < -0.39 is 0 Å². The molecular formula is C17H19BrINO. The maximum atomic E-state index is 5.88. The van der Waals surface area contributed by atoms with Gasteiger partial charge in [0, 0.05) is 20.6 Å². The summed E-state index contributed by atoms with van der Waals surface area (Å²) in [5.74, 6) is 0.900. The molecule has 1 N–H and O–H groups in total. The Morgan fingerprint density at radius 3 is 2.52 bits per heavy atom. The number of benzene rings is 2. The van der Waals surface area contributed by atoms with E-state index in [2.05, 4.69) is 88.0 Å². The molecule has 2 rings (SSSR count). The molecule has 0 unspecified atom stereocenters. The summed E-state index contributed by atoms with van der Waals surface area (Å²) in [5, 5.41) is 3.42. The lowest BCUT2D eigenvalue weighted by Crippen LogP contribution is -2.22. The molecular weight excluding hydrogens is 441 g/mol. The molecule has 0 bridgehead atoms. The fourth-order valence-corrected chi connectivity index (χ4v) is 2.58. The van der Waals surface area contributed by atoms with E-state index >= 15 is 0 Å². The van der Waals surface area contributed by atoms with E-state index in [1.54, 1.807) is 0 Å². The van der Waals surface area contributed by atoms with Crippen molar-refractivity contribution >= 4 is 38.5 Å². The van der Waals surface area contributed by atoms with Gasteiger partial charge in [-0.2, -0.15) is 0 Å². The fraction of sp³-hybridized carbons (Fsp3) is 0.294. The van der Waals surface area contributed by atoms with Crippen LogP contribution in [0.3, 0.4) is 0 Å². The Bertz CT molecular complexity index is 584. The minimum atomic E-state index is 0.466. The molecule has 0 aromatic heterocycles. The lowest BCUT2D eigenvalue weighted by Gasteiger charge is -2.12. The highest BCUT2D eigenvalue weighted by Gasteiger charge is 2.04. The molecule has 0 spiro atoms. The highest BCUT2D eigenvalue weighted by atomic mass is 127. The summed E-state index contributed by atoms with van der Waals surface area (Å²) in [4.78, 5) is 0. The smallest absolute Gasteiger partial charge is 0.120 e. The van der Waals surface area contributed by atoms with Crippen LogP contribution in [0.2, 0.25) is 0 Å². The minimum Gasteiger partial charge on any atom is -0.489 e. The molecule has 112 valence electrons. The lowest BCUT2D eigenvalue weighted by atomic mass is 10.2. The summed E-state index contributed by atoms with van der Waals surface area (Å²) in [6.45, 7) is 5.71. The maximum absolute atomic E-state index is 5.88. The molecule has 0 fully saturated rings. The first-order valence-corrected chi connectivity index (χ1v) is 8.81. The molecule has 0 radical (unpaired) electrons. The van der Waals surface area contributed by atoms with Gasteiger partial charge in [-0.1, -0.05) is 41.9 Å². The van der Waals surface area contributed by atoms with E-state index in [0.29, 0.717) is 12.6 Å².